The molecule has 1 aromatic rings. The minimum Gasteiger partial charge on any atom is -0.480 e. The SMILES string of the molecule is CCCOC(=O)Oc1ccc(C[C@H](NCC(C)OC(=O)OCCC(C)C)C(=O)O)cc1OC(=O)OCCC. The third-order valence-electron chi connectivity index (χ3n) is 4.84. The molecule has 1 aromatic carbocycles. The zero-order valence-electron chi connectivity index (χ0n) is 22.7. The van der Waals surface area contributed by atoms with E-state index in [0.29, 0.717) is 30.7 Å². The summed E-state index contributed by atoms with van der Waals surface area (Å²) in [7, 11) is 0. The Morgan fingerprint density at radius 1 is 0.842 bits per heavy atom. The molecule has 1 unspecified atom stereocenters. The molecule has 2 N–H and O–H groups in total. The summed E-state index contributed by atoms with van der Waals surface area (Å²) in [5, 5.41) is 12.5. The highest BCUT2D eigenvalue weighted by atomic mass is 16.7. The van der Waals surface area contributed by atoms with Crippen molar-refractivity contribution in [1.82, 2.24) is 5.32 Å². The van der Waals surface area contributed by atoms with Crippen LogP contribution in [0.1, 0.15) is 59.4 Å². The molecule has 0 aliphatic rings. The summed E-state index contributed by atoms with van der Waals surface area (Å²) in [5.74, 6) is -1.00. The number of hydrogen-bond acceptors (Lipinski definition) is 11. The van der Waals surface area contributed by atoms with Gasteiger partial charge in [-0.05, 0) is 56.2 Å². The van der Waals surface area contributed by atoms with E-state index < -0.39 is 36.6 Å². The molecule has 0 aliphatic heterocycles. The van der Waals surface area contributed by atoms with E-state index in [1.54, 1.807) is 6.92 Å². The van der Waals surface area contributed by atoms with Crippen molar-refractivity contribution in [2.24, 2.45) is 5.92 Å². The van der Waals surface area contributed by atoms with Gasteiger partial charge in [-0.15, -0.1) is 0 Å². The number of nitrogens with one attached hydrogen (secondary N) is 1. The molecule has 0 aliphatic carbocycles. The lowest BCUT2D eigenvalue weighted by Gasteiger charge is -2.19. The summed E-state index contributed by atoms with van der Waals surface area (Å²) < 4.78 is 30.3. The van der Waals surface area contributed by atoms with Crippen LogP contribution in [0.2, 0.25) is 0 Å². The van der Waals surface area contributed by atoms with Crippen LogP contribution in [0.3, 0.4) is 0 Å². The summed E-state index contributed by atoms with van der Waals surface area (Å²) in [4.78, 5) is 47.5. The zero-order valence-corrected chi connectivity index (χ0v) is 22.7. The Morgan fingerprint density at radius 3 is 1.97 bits per heavy atom. The predicted molar refractivity (Wildman–Crippen MR) is 135 cm³/mol. The Hall–Kier alpha value is -3.54. The largest absolute Gasteiger partial charge is 0.513 e. The standard InChI is InChI=1S/C26H39NO11/c1-6-11-33-25(31)37-21-9-8-19(15-22(21)38-26(32)34-12-7-2)14-20(23(28)29)27-16-18(5)36-24(30)35-13-10-17(3)4/h8-9,15,17-18,20,27H,6-7,10-14,16H2,1-5H3,(H,28,29)/t18?,20-/m0/s1. The summed E-state index contributed by atoms with van der Waals surface area (Å²) in [6.45, 7) is 9.80. The van der Waals surface area contributed by atoms with E-state index in [2.05, 4.69) is 5.32 Å². The summed E-state index contributed by atoms with van der Waals surface area (Å²) in [5.41, 5.74) is 0.458. The van der Waals surface area contributed by atoms with Gasteiger partial charge >= 0.3 is 24.4 Å². The quantitative estimate of drug-likeness (QED) is 0.169. The monoisotopic (exact) mass is 541 g/mol. The number of ether oxygens (including phenoxy) is 6. The normalized spacial score (nSPS) is 12.3. The van der Waals surface area contributed by atoms with Crippen molar-refractivity contribution in [2.75, 3.05) is 26.4 Å². The molecule has 0 amide bonds. The van der Waals surface area contributed by atoms with Gasteiger partial charge in [-0.25, -0.2) is 14.4 Å². The summed E-state index contributed by atoms with van der Waals surface area (Å²) >= 11 is 0. The second-order valence-corrected chi connectivity index (χ2v) is 8.89. The molecule has 12 nitrogen and oxygen atoms in total. The first-order chi connectivity index (χ1) is 18.0. The van der Waals surface area contributed by atoms with Crippen LogP contribution >= 0.6 is 0 Å². The van der Waals surface area contributed by atoms with Crippen LogP contribution in [0, 0.1) is 5.92 Å². The van der Waals surface area contributed by atoms with E-state index >= 15 is 0 Å². The smallest absolute Gasteiger partial charge is 0.480 e. The maximum Gasteiger partial charge on any atom is 0.513 e. The fourth-order valence-corrected chi connectivity index (χ4v) is 2.86. The van der Waals surface area contributed by atoms with Crippen LogP contribution in [0.15, 0.2) is 18.2 Å². The molecule has 38 heavy (non-hydrogen) atoms. The maximum atomic E-state index is 12.0. The van der Waals surface area contributed by atoms with Crippen LogP contribution in [-0.4, -0.2) is 68.1 Å². The Bertz CT molecular complexity index is 903. The van der Waals surface area contributed by atoms with Gasteiger partial charge in [-0.2, -0.15) is 0 Å². The van der Waals surface area contributed by atoms with Crippen molar-refractivity contribution in [3.8, 4) is 11.5 Å². The third-order valence-corrected chi connectivity index (χ3v) is 4.84. The molecular weight excluding hydrogens is 502 g/mol. The molecule has 0 aromatic heterocycles. The average molecular weight is 542 g/mol. The van der Waals surface area contributed by atoms with Crippen LogP contribution in [0.25, 0.3) is 0 Å². The van der Waals surface area contributed by atoms with Crippen molar-refractivity contribution >= 4 is 24.4 Å². The highest BCUT2D eigenvalue weighted by Gasteiger charge is 2.22. The number of carboxylic acid groups (broad SMARTS) is 1. The Balaban J connectivity index is 2.86. The van der Waals surface area contributed by atoms with Gasteiger partial charge in [0.25, 0.3) is 0 Å². The highest BCUT2D eigenvalue weighted by molar-refractivity contribution is 5.74. The Morgan fingerprint density at radius 2 is 1.42 bits per heavy atom. The second kappa shape index (κ2) is 17.8. The molecule has 0 bridgehead atoms. The predicted octanol–water partition coefficient (Wildman–Crippen LogP) is 4.71. The molecule has 0 spiro atoms. The minimum absolute atomic E-state index is 0.0260. The number of hydrogen-bond donors (Lipinski definition) is 2. The van der Waals surface area contributed by atoms with Crippen molar-refractivity contribution < 1.29 is 52.7 Å². The van der Waals surface area contributed by atoms with Crippen molar-refractivity contribution in [1.29, 1.82) is 0 Å². The lowest BCUT2D eigenvalue weighted by Crippen LogP contribution is -2.42. The molecule has 0 heterocycles. The first-order valence-electron chi connectivity index (χ1n) is 12.7. The first kappa shape index (κ1) is 32.5. The first-order valence-corrected chi connectivity index (χ1v) is 12.7. The molecule has 0 radical (unpaired) electrons. The molecule has 1 rings (SSSR count). The lowest BCUT2D eigenvalue weighted by molar-refractivity contribution is -0.139. The van der Waals surface area contributed by atoms with Crippen molar-refractivity contribution in [3.05, 3.63) is 23.8 Å². The summed E-state index contributed by atoms with van der Waals surface area (Å²) in [6.07, 6.45) is -1.62. The van der Waals surface area contributed by atoms with Crippen molar-refractivity contribution in [3.63, 3.8) is 0 Å². The van der Waals surface area contributed by atoms with E-state index in [9.17, 15) is 24.3 Å². The molecule has 2 atom stereocenters. The van der Waals surface area contributed by atoms with Crippen LogP contribution in [0.5, 0.6) is 11.5 Å². The molecule has 0 fully saturated rings. The van der Waals surface area contributed by atoms with E-state index in [1.165, 1.54) is 18.2 Å². The van der Waals surface area contributed by atoms with Gasteiger partial charge in [-0.1, -0.05) is 33.8 Å². The van der Waals surface area contributed by atoms with Gasteiger partial charge in [0.1, 0.15) is 12.1 Å². The fourth-order valence-electron chi connectivity index (χ4n) is 2.86. The number of carbonyl (C=O) groups is 4. The maximum absolute atomic E-state index is 12.0. The van der Waals surface area contributed by atoms with E-state index in [-0.39, 0.29) is 44.3 Å². The molecule has 12 heteroatoms. The highest BCUT2D eigenvalue weighted by Crippen LogP contribution is 2.30. The van der Waals surface area contributed by atoms with Crippen LogP contribution in [0.4, 0.5) is 14.4 Å². The van der Waals surface area contributed by atoms with Gasteiger partial charge < -0.3 is 38.8 Å². The van der Waals surface area contributed by atoms with Gasteiger partial charge in [0.05, 0.1) is 19.8 Å². The number of carbonyl (C=O) groups excluding carboxylic acids is 3. The number of aliphatic carboxylic acids is 1. The third kappa shape index (κ3) is 13.7. The number of carboxylic acids is 1. The van der Waals surface area contributed by atoms with Crippen LogP contribution < -0.4 is 14.8 Å². The fraction of sp³-hybridized carbons (Fsp3) is 0.615. The number of rotatable bonds is 16. The van der Waals surface area contributed by atoms with Gasteiger partial charge in [-0.3, -0.25) is 4.79 Å². The van der Waals surface area contributed by atoms with Crippen LogP contribution in [-0.2, 0) is 30.2 Å². The topological polar surface area (TPSA) is 156 Å². The average Bonchev–Trinajstić information content (AvgIpc) is 2.84. The van der Waals surface area contributed by atoms with Crippen molar-refractivity contribution in [2.45, 2.75) is 72.4 Å². The van der Waals surface area contributed by atoms with Gasteiger partial charge in [0.2, 0.25) is 0 Å². The molecule has 0 saturated heterocycles. The lowest BCUT2D eigenvalue weighted by atomic mass is 10.0. The second-order valence-electron chi connectivity index (χ2n) is 8.89. The Labute approximate surface area is 222 Å². The van der Waals surface area contributed by atoms with E-state index in [1.807, 2.05) is 27.7 Å². The van der Waals surface area contributed by atoms with Gasteiger partial charge in [0, 0.05) is 6.54 Å². The van der Waals surface area contributed by atoms with E-state index in [4.69, 9.17) is 28.4 Å². The molecule has 214 valence electrons. The minimum atomic E-state index is -1.15. The Kier molecular flexibility index (Phi) is 15.2. The molecule has 0 saturated carbocycles. The zero-order chi connectivity index (χ0) is 28.5. The molecular formula is C26H39NO11. The number of benzene rings is 1. The summed E-state index contributed by atoms with van der Waals surface area (Å²) in [6, 6.07) is 3.19. The van der Waals surface area contributed by atoms with E-state index in [0.717, 1.165) is 0 Å². The van der Waals surface area contributed by atoms with Gasteiger partial charge in [0.15, 0.2) is 11.5 Å².